The summed E-state index contributed by atoms with van der Waals surface area (Å²) in [6.07, 6.45) is 11.6. The predicted molar refractivity (Wildman–Crippen MR) is 114 cm³/mol. The molecule has 0 saturated carbocycles. The molecule has 3 aliphatic rings. The van der Waals surface area contributed by atoms with Crippen LogP contribution in [-0.4, -0.2) is 33.3 Å². The molecular weight excluding hydrogens is 361 g/mol. The summed E-state index contributed by atoms with van der Waals surface area (Å²) in [5, 5.41) is 6.20. The van der Waals surface area contributed by atoms with E-state index in [1.807, 2.05) is 0 Å². The second-order valence-corrected chi connectivity index (χ2v) is 25.7. The van der Waals surface area contributed by atoms with Gasteiger partial charge in [0.05, 0.1) is 0 Å². The van der Waals surface area contributed by atoms with Crippen molar-refractivity contribution in [3.05, 3.63) is 45.1 Å². The molecule has 6 heteroatoms. The van der Waals surface area contributed by atoms with Crippen LogP contribution in [0.15, 0.2) is 45.1 Å². The molecule has 1 aliphatic heterocycles. The van der Waals surface area contributed by atoms with Crippen LogP contribution in [0.2, 0.25) is 52.4 Å². The normalized spacial score (nSPS) is 29.7. The molecule has 24 heavy (non-hydrogen) atoms. The first-order valence-corrected chi connectivity index (χ1v) is 20.7. The molecule has 1 saturated heterocycles. The SMILES string of the molecule is C[Si]1(C)O[Si](C)(C)C2=CC=C(C2)[Si](C)(C)O[Si](C)(C)C2=CC=C1C2. The van der Waals surface area contributed by atoms with E-state index in [0.29, 0.717) is 0 Å². The van der Waals surface area contributed by atoms with E-state index in [1.165, 1.54) is 0 Å². The number of hydrogen-bond donors (Lipinski definition) is 0. The van der Waals surface area contributed by atoms with Gasteiger partial charge in [0.2, 0.25) is 33.3 Å². The Kier molecular flexibility index (Phi) is 4.34. The number of allylic oxidation sites excluding steroid dienone is 8. The Morgan fingerprint density at radius 1 is 0.500 bits per heavy atom. The van der Waals surface area contributed by atoms with Gasteiger partial charge in [-0.2, -0.15) is 0 Å². The molecule has 0 aromatic carbocycles. The summed E-state index contributed by atoms with van der Waals surface area (Å²) in [5.74, 6) is 0. The highest BCUT2D eigenvalue weighted by Crippen LogP contribution is 2.42. The lowest BCUT2D eigenvalue weighted by Gasteiger charge is -2.40. The summed E-state index contributed by atoms with van der Waals surface area (Å²) in [6.45, 7) is 19.1. The first kappa shape index (κ1) is 18.5. The lowest BCUT2D eigenvalue weighted by Crippen LogP contribution is -2.50. The van der Waals surface area contributed by atoms with Gasteiger partial charge in [-0.3, -0.25) is 0 Å². The van der Waals surface area contributed by atoms with Crippen molar-refractivity contribution in [2.45, 2.75) is 65.2 Å². The molecule has 2 nitrogen and oxygen atoms in total. The van der Waals surface area contributed by atoms with Gasteiger partial charge in [0, 0.05) is 0 Å². The first-order valence-electron chi connectivity index (χ1n) is 9.05. The van der Waals surface area contributed by atoms with E-state index < -0.39 is 33.3 Å². The van der Waals surface area contributed by atoms with Crippen LogP contribution in [0.3, 0.4) is 0 Å². The molecule has 0 amide bonds. The molecule has 0 unspecified atom stereocenters. The quantitative estimate of drug-likeness (QED) is 0.505. The summed E-state index contributed by atoms with van der Waals surface area (Å²) in [5.41, 5.74) is 0. The Labute approximate surface area is 151 Å². The van der Waals surface area contributed by atoms with E-state index in [2.05, 4.69) is 76.7 Å². The Hall–Kier alpha value is -0.252. The minimum Gasteiger partial charge on any atom is -0.449 e. The van der Waals surface area contributed by atoms with E-state index in [-0.39, 0.29) is 0 Å². The van der Waals surface area contributed by atoms with Gasteiger partial charge in [0.25, 0.3) is 0 Å². The maximum Gasteiger partial charge on any atom is 0.202 e. The largest absolute Gasteiger partial charge is 0.449 e. The molecule has 0 aromatic rings. The van der Waals surface area contributed by atoms with Gasteiger partial charge in [-0.15, -0.1) is 0 Å². The van der Waals surface area contributed by atoms with Gasteiger partial charge >= 0.3 is 0 Å². The zero-order valence-electron chi connectivity index (χ0n) is 16.5. The highest BCUT2D eigenvalue weighted by molar-refractivity contribution is 6.94. The molecule has 0 radical (unpaired) electrons. The van der Waals surface area contributed by atoms with Crippen molar-refractivity contribution in [3.8, 4) is 0 Å². The Morgan fingerprint density at radius 3 is 0.917 bits per heavy atom. The van der Waals surface area contributed by atoms with E-state index in [4.69, 9.17) is 8.23 Å². The van der Waals surface area contributed by atoms with Crippen LogP contribution in [0.1, 0.15) is 12.8 Å². The van der Waals surface area contributed by atoms with Crippen LogP contribution in [-0.2, 0) is 8.23 Å². The van der Waals surface area contributed by atoms with E-state index in [1.54, 1.807) is 20.8 Å². The molecule has 2 aliphatic carbocycles. The number of rotatable bonds is 0. The molecule has 0 atom stereocenters. The molecule has 0 N–H and O–H groups in total. The maximum absolute atomic E-state index is 6.96. The molecular formula is C18H32O2Si4. The van der Waals surface area contributed by atoms with Gasteiger partial charge < -0.3 is 8.23 Å². The van der Waals surface area contributed by atoms with Crippen molar-refractivity contribution < 1.29 is 8.23 Å². The van der Waals surface area contributed by atoms with Gasteiger partial charge in [0.15, 0.2) is 0 Å². The maximum atomic E-state index is 6.96. The zero-order valence-corrected chi connectivity index (χ0v) is 20.5. The first-order chi connectivity index (χ1) is 10.8. The molecule has 3 rings (SSSR count). The van der Waals surface area contributed by atoms with E-state index in [9.17, 15) is 0 Å². The van der Waals surface area contributed by atoms with Crippen LogP contribution in [0.4, 0.5) is 0 Å². The molecule has 1 fully saturated rings. The monoisotopic (exact) mass is 392 g/mol. The van der Waals surface area contributed by atoms with Crippen molar-refractivity contribution in [1.29, 1.82) is 0 Å². The minimum absolute atomic E-state index is 1.09. The second-order valence-electron chi connectivity index (χ2n) is 9.37. The fourth-order valence-electron chi connectivity index (χ4n) is 4.24. The summed E-state index contributed by atoms with van der Waals surface area (Å²) in [4.78, 5) is 0. The Bertz CT molecular complexity index is 578. The van der Waals surface area contributed by atoms with Crippen LogP contribution in [0, 0.1) is 0 Å². The third-order valence-electron chi connectivity index (χ3n) is 5.85. The number of fused-ring (bicyclic) bond motifs is 4. The van der Waals surface area contributed by atoms with Crippen molar-refractivity contribution in [2.24, 2.45) is 0 Å². The van der Waals surface area contributed by atoms with Crippen molar-refractivity contribution in [2.75, 3.05) is 0 Å². The van der Waals surface area contributed by atoms with Gasteiger partial charge in [-0.05, 0) is 65.2 Å². The fraction of sp³-hybridized carbons (Fsp3) is 0.556. The molecule has 1 heterocycles. The van der Waals surface area contributed by atoms with E-state index >= 15 is 0 Å². The third-order valence-corrected chi connectivity index (χ3v) is 21.6. The summed E-state index contributed by atoms with van der Waals surface area (Å²) in [7, 11) is -7.37. The molecule has 132 valence electrons. The average Bonchev–Trinajstić information content (AvgIpc) is 3.06. The highest BCUT2D eigenvalue weighted by atomic mass is 28.4. The Balaban J connectivity index is 2.03. The standard InChI is InChI=1S/C18H32O2Si4/c1-21(2)15-9-10-16(13-15)23(5,6)20-24(7,8)18-12-11-17(14-18)22(3,4)19-21/h9-12H,13-14H2,1-8H3. The van der Waals surface area contributed by atoms with Crippen LogP contribution >= 0.6 is 0 Å². The topological polar surface area (TPSA) is 18.5 Å². The highest BCUT2D eigenvalue weighted by Gasteiger charge is 2.46. The van der Waals surface area contributed by atoms with Crippen LogP contribution in [0.5, 0.6) is 0 Å². The third kappa shape index (κ3) is 3.24. The molecule has 0 spiro atoms. The van der Waals surface area contributed by atoms with Gasteiger partial charge in [0.1, 0.15) is 0 Å². The average molecular weight is 393 g/mol. The summed E-state index contributed by atoms with van der Waals surface area (Å²) in [6, 6.07) is 0. The lowest BCUT2D eigenvalue weighted by atomic mass is 10.5. The van der Waals surface area contributed by atoms with Crippen molar-refractivity contribution in [3.63, 3.8) is 0 Å². The predicted octanol–water partition coefficient (Wildman–Crippen LogP) is 5.52. The lowest BCUT2D eigenvalue weighted by molar-refractivity contribution is 0.550. The zero-order chi connectivity index (χ0) is 18.0. The Morgan fingerprint density at radius 2 is 0.708 bits per heavy atom. The van der Waals surface area contributed by atoms with Crippen molar-refractivity contribution >= 4 is 33.3 Å². The number of hydrogen-bond acceptors (Lipinski definition) is 2. The van der Waals surface area contributed by atoms with Gasteiger partial charge in [-0.25, -0.2) is 0 Å². The second kappa shape index (κ2) is 5.62. The van der Waals surface area contributed by atoms with Crippen LogP contribution in [0.25, 0.3) is 0 Å². The summed E-state index contributed by atoms with van der Waals surface area (Å²) < 4.78 is 13.9. The van der Waals surface area contributed by atoms with Crippen molar-refractivity contribution in [1.82, 2.24) is 0 Å². The molecule has 0 aromatic heterocycles. The molecule has 4 bridgehead atoms. The van der Waals surface area contributed by atoms with Crippen LogP contribution < -0.4 is 0 Å². The smallest absolute Gasteiger partial charge is 0.202 e. The fourth-order valence-corrected chi connectivity index (χ4v) is 21.3. The van der Waals surface area contributed by atoms with E-state index in [0.717, 1.165) is 12.8 Å². The minimum atomic E-state index is -1.84. The van der Waals surface area contributed by atoms with Gasteiger partial charge in [-0.1, -0.05) is 45.1 Å². The summed E-state index contributed by atoms with van der Waals surface area (Å²) >= 11 is 0.